The van der Waals surface area contributed by atoms with E-state index in [9.17, 15) is 0 Å². The van der Waals surface area contributed by atoms with Crippen molar-refractivity contribution in [2.24, 2.45) is 10.7 Å². The number of hydrogen-bond donors (Lipinski definition) is 1. The van der Waals surface area contributed by atoms with Gasteiger partial charge in [-0.1, -0.05) is 41.9 Å². The van der Waals surface area contributed by atoms with E-state index < -0.39 is 0 Å². The number of nitrogens with zero attached hydrogens (tertiary/aromatic N) is 3. The van der Waals surface area contributed by atoms with Gasteiger partial charge in [-0.2, -0.15) is 0 Å². The molecule has 0 aromatic heterocycles. The molecule has 2 aromatic rings. The molecular weight excluding hydrogens is 332 g/mol. The number of halogens is 1. The van der Waals surface area contributed by atoms with Crippen molar-refractivity contribution >= 4 is 23.2 Å². The molecular formula is C20H23ClN4. The fourth-order valence-electron chi connectivity index (χ4n) is 3.96. The molecule has 130 valence electrons. The van der Waals surface area contributed by atoms with Crippen LogP contribution >= 0.6 is 11.6 Å². The van der Waals surface area contributed by atoms with Crippen LogP contribution in [0.1, 0.15) is 18.4 Å². The first-order valence-corrected chi connectivity index (χ1v) is 9.16. The maximum Gasteiger partial charge on any atom is 0.196 e. The molecule has 0 atom stereocenters. The van der Waals surface area contributed by atoms with Gasteiger partial charge in [-0.05, 0) is 42.7 Å². The Morgan fingerprint density at radius 1 is 1.00 bits per heavy atom. The third kappa shape index (κ3) is 3.24. The summed E-state index contributed by atoms with van der Waals surface area (Å²) in [5, 5.41) is 0.741. The van der Waals surface area contributed by atoms with E-state index in [0.717, 1.165) is 49.7 Å². The normalized spacial score (nSPS) is 20.0. The molecule has 0 saturated carbocycles. The third-order valence-corrected chi connectivity index (χ3v) is 5.61. The first-order chi connectivity index (χ1) is 12.2. The van der Waals surface area contributed by atoms with E-state index in [1.807, 2.05) is 24.3 Å². The maximum atomic E-state index is 6.24. The Morgan fingerprint density at radius 2 is 1.68 bits per heavy atom. The van der Waals surface area contributed by atoms with Gasteiger partial charge >= 0.3 is 0 Å². The van der Waals surface area contributed by atoms with Crippen LogP contribution in [0.5, 0.6) is 0 Å². The number of likely N-dealkylation sites (tertiary alicyclic amines) is 1. The standard InChI is InChI=1S/C20H23ClN4/c21-17-6-8-18(9-7-17)25-19(22)23-15-20(25)10-12-24(13-11-20)14-16-4-2-1-3-5-16/h1-9H,10-15H2,(H2,22,23). The highest BCUT2D eigenvalue weighted by atomic mass is 35.5. The molecule has 0 radical (unpaired) electrons. The number of anilines is 1. The lowest BCUT2D eigenvalue weighted by Gasteiger charge is -2.45. The highest BCUT2D eigenvalue weighted by Crippen LogP contribution is 2.37. The maximum absolute atomic E-state index is 6.24. The van der Waals surface area contributed by atoms with Gasteiger partial charge in [0.2, 0.25) is 0 Å². The van der Waals surface area contributed by atoms with E-state index in [1.54, 1.807) is 0 Å². The van der Waals surface area contributed by atoms with Crippen LogP contribution in [0.4, 0.5) is 5.69 Å². The summed E-state index contributed by atoms with van der Waals surface area (Å²) in [7, 11) is 0. The van der Waals surface area contributed by atoms with E-state index in [2.05, 4.69) is 45.1 Å². The summed E-state index contributed by atoms with van der Waals surface area (Å²) < 4.78 is 0. The number of benzene rings is 2. The lowest BCUT2D eigenvalue weighted by Crippen LogP contribution is -2.57. The van der Waals surface area contributed by atoms with Crippen LogP contribution in [0, 0.1) is 0 Å². The number of nitrogens with two attached hydrogens (primary N) is 1. The second kappa shape index (κ2) is 6.70. The molecule has 1 spiro atoms. The monoisotopic (exact) mass is 354 g/mol. The van der Waals surface area contributed by atoms with Crippen LogP contribution in [0.25, 0.3) is 0 Å². The summed E-state index contributed by atoms with van der Waals surface area (Å²) in [6, 6.07) is 18.6. The summed E-state index contributed by atoms with van der Waals surface area (Å²) in [6.45, 7) is 3.90. The smallest absolute Gasteiger partial charge is 0.196 e. The van der Waals surface area contributed by atoms with Crippen molar-refractivity contribution in [3.63, 3.8) is 0 Å². The Kier molecular flexibility index (Phi) is 4.40. The molecule has 0 bridgehead atoms. The zero-order valence-electron chi connectivity index (χ0n) is 14.2. The average molecular weight is 355 g/mol. The van der Waals surface area contributed by atoms with E-state index in [0.29, 0.717) is 5.96 Å². The van der Waals surface area contributed by atoms with E-state index in [4.69, 9.17) is 17.3 Å². The molecule has 25 heavy (non-hydrogen) atoms. The lowest BCUT2D eigenvalue weighted by molar-refractivity contribution is 0.164. The fraction of sp³-hybridized carbons (Fsp3) is 0.350. The molecule has 4 rings (SSSR count). The number of hydrogen-bond acceptors (Lipinski definition) is 4. The molecule has 0 aliphatic carbocycles. The Morgan fingerprint density at radius 3 is 2.36 bits per heavy atom. The van der Waals surface area contributed by atoms with E-state index in [-0.39, 0.29) is 5.54 Å². The van der Waals surface area contributed by atoms with E-state index >= 15 is 0 Å². The minimum atomic E-state index is 0.00506. The van der Waals surface area contributed by atoms with Crippen molar-refractivity contribution in [3.05, 3.63) is 65.2 Å². The van der Waals surface area contributed by atoms with Crippen molar-refractivity contribution in [2.75, 3.05) is 24.5 Å². The van der Waals surface area contributed by atoms with Crippen LogP contribution in [0.3, 0.4) is 0 Å². The fourth-order valence-corrected chi connectivity index (χ4v) is 4.09. The Labute approximate surface area is 153 Å². The topological polar surface area (TPSA) is 44.9 Å². The van der Waals surface area contributed by atoms with Gasteiger partial charge in [0, 0.05) is 30.3 Å². The Balaban J connectivity index is 1.48. The molecule has 0 unspecified atom stereocenters. The van der Waals surface area contributed by atoms with Crippen molar-refractivity contribution in [1.29, 1.82) is 0 Å². The SMILES string of the molecule is NC1=NCC2(CCN(Cc3ccccc3)CC2)N1c1ccc(Cl)cc1. The molecule has 0 amide bonds. The van der Waals surface area contributed by atoms with E-state index in [1.165, 1.54) is 5.56 Å². The molecule has 5 heteroatoms. The van der Waals surface area contributed by atoms with Crippen LogP contribution in [0.2, 0.25) is 5.02 Å². The van der Waals surface area contributed by atoms with Gasteiger partial charge in [-0.25, -0.2) is 0 Å². The average Bonchev–Trinajstić information content (AvgIpc) is 2.95. The Hall–Kier alpha value is -2.04. The van der Waals surface area contributed by atoms with Gasteiger partial charge in [0.25, 0.3) is 0 Å². The number of rotatable bonds is 3. The number of piperidine rings is 1. The lowest BCUT2D eigenvalue weighted by atomic mass is 9.86. The van der Waals surface area contributed by atoms with Crippen LogP contribution in [-0.4, -0.2) is 36.0 Å². The van der Waals surface area contributed by atoms with Crippen LogP contribution in [0.15, 0.2) is 59.6 Å². The summed E-state index contributed by atoms with van der Waals surface area (Å²) in [5.74, 6) is 0.624. The van der Waals surface area contributed by atoms with Gasteiger partial charge in [-0.15, -0.1) is 0 Å². The zero-order valence-corrected chi connectivity index (χ0v) is 15.0. The van der Waals surface area contributed by atoms with Gasteiger partial charge in [-0.3, -0.25) is 9.89 Å². The number of guanidine groups is 1. The van der Waals surface area contributed by atoms with Crippen molar-refractivity contribution in [1.82, 2.24) is 4.90 Å². The molecule has 2 N–H and O–H groups in total. The molecule has 1 fully saturated rings. The minimum absolute atomic E-state index is 0.00506. The highest BCUT2D eigenvalue weighted by Gasteiger charge is 2.45. The quantitative estimate of drug-likeness (QED) is 0.917. The molecule has 2 aromatic carbocycles. The summed E-state index contributed by atoms with van der Waals surface area (Å²) in [4.78, 5) is 9.32. The molecule has 2 aliphatic heterocycles. The van der Waals surface area contributed by atoms with Crippen LogP contribution in [-0.2, 0) is 6.54 Å². The zero-order chi connectivity index (χ0) is 17.3. The first-order valence-electron chi connectivity index (χ1n) is 8.78. The largest absolute Gasteiger partial charge is 0.369 e. The molecule has 2 heterocycles. The second-order valence-electron chi connectivity index (χ2n) is 6.97. The van der Waals surface area contributed by atoms with Crippen molar-refractivity contribution < 1.29 is 0 Å². The van der Waals surface area contributed by atoms with Crippen LogP contribution < -0.4 is 10.6 Å². The molecule has 4 nitrogen and oxygen atoms in total. The van der Waals surface area contributed by atoms with Gasteiger partial charge in [0.1, 0.15) is 0 Å². The number of aliphatic imine (C=N–C) groups is 1. The predicted octanol–water partition coefficient (Wildman–Crippen LogP) is 3.51. The summed E-state index contributed by atoms with van der Waals surface area (Å²) in [6.07, 6.45) is 2.12. The highest BCUT2D eigenvalue weighted by molar-refractivity contribution is 6.30. The van der Waals surface area contributed by atoms with Crippen molar-refractivity contribution in [2.45, 2.75) is 24.9 Å². The summed E-state index contributed by atoms with van der Waals surface area (Å²) >= 11 is 6.04. The van der Waals surface area contributed by atoms with Gasteiger partial charge < -0.3 is 10.6 Å². The van der Waals surface area contributed by atoms with Crippen molar-refractivity contribution in [3.8, 4) is 0 Å². The predicted molar refractivity (Wildman–Crippen MR) is 104 cm³/mol. The van der Waals surface area contributed by atoms with Gasteiger partial charge in [0.15, 0.2) is 5.96 Å². The summed E-state index contributed by atoms with van der Waals surface area (Å²) in [5.41, 5.74) is 8.70. The van der Waals surface area contributed by atoms with Gasteiger partial charge in [0.05, 0.1) is 12.1 Å². The third-order valence-electron chi connectivity index (χ3n) is 5.36. The molecule has 1 saturated heterocycles. The minimum Gasteiger partial charge on any atom is -0.369 e. The molecule has 2 aliphatic rings. The first kappa shape index (κ1) is 16.4. The second-order valence-corrected chi connectivity index (χ2v) is 7.41. The Bertz CT molecular complexity index is 749.